The van der Waals surface area contributed by atoms with E-state index in [1.165, 1.54) is 0 Å². The third-order valence-corrected chi connectivity index (χ3v) is 3.82. The van der Waals surface area contributed by atoms with Gasteiger partial charge in [-0.3, -0.25) is 4.79 Å². The number of hydrogen-bond donors (Lipinski definition) is 1. The zero-order valence-corrected chi connectivity index (χ0v) is 11.5. The summed E-state index contributed by atoms with van der Waals surface area (Å²) in [6, 6.07) is 5.14. The summed E-state index contributed by atoms with van der Waals surface area (Å²) in [6.07, 6.45) is 0.358. The molecule has 1 fully saturated rings. The molecule has 0 radical (unpaired) electrons. The topological polar surface area (TPSA) is 55.6 Å². The van der Waals surface area contributed by atoms with Crippen molar-refractivity contribution in [2.45, 2.75) is 31.8 Å². The predicted molar refractivity (Wildman–Crippen MR) is 72.2 cm³/mol. The van der Waals surface area contributed by atoms with Crippen LogP contribution >= 0.6 is 11.6 Å². The minimum absolute atomic E-state index is 0.0220. The van der Waals surface area contributed by atoms with E-state index in [1.807, 2.05) is 19.9 Å². The molecular formula is C13H17ClN2O2. The van der Waals surface area contributed by atoms with Gasteiger partial charge in [0.25, 0.3) is 0 Å². The third-order valence-electron chi connectivity index (χ3n) is 3.52. The van der Waals surface area contributed by atoms with E-state index >= 15 is 0 Å². The molecule has 1 atom stereocenters. The van der Waals surface area contributed by atoms with Gasteiger partial charge in [-0.05, 0) is 32.0 Å². The minimum Gasteiger partial charge on any atom is -0.495 e. The van der Waals surface area contributed by atoms with Crippen LogP contribution < -0.4 is 15.4 Å². The molecule has 0 saturated carbocycles. The lowest BCUT2D eigenvalue weighted by molar-refractivity contribution is -0.117. The summed E-state index contributed by atoms with van der Waals surface area (Å²) >= 11 is 6.09. The first-order valence-electron chi connectivity index (χ1n) is 5.80. The van der Waals surface area contributed by atoms with E-state index in [1.54, 1.807) is 24.1 Å². The van der Waals surface area contributed by atoms with Gasteiger partial charge in [-0.1, -0.05) is 11.6 Å². The Morgan fingerprint density at radius 2 is 2.17 bits per heavy atom. The summed E-state index contributed by atoms with van der Waals surface area (Å²) in [7, 11) is 1.56. The summed E-state index contributed by atoms with van der Waals surface area (Å²) in [4.78, 5) is 13.7. The molecule has 18 heavy (non-hydrogen) atoms. The maximum Gasteiger partial charge on any atom is 0.229 e. The molecule has 1 aromatic carbocycles. The van der Waals surface area contributed by atoms with E-state index < -0.39 is 5.54 Å². The summed E-state index contributed by atoms with van der Waals surface area (Å²) in [5.41, 5.74) is 6.35. The summed E-state index contributed by atoms with van der Waals surface area (Å²) < 4.78 is 5.10. The molecule has 1 heterocycles. The van der Waals surface area contributed by atoms with Crippen LogP contribution in [0.5, 0.6) is 5.75 Å². The maximum atomic E-state index is 12.0. The second kappa shape index (κ2) is 4.44. The van der Waals surface area contributed by atoms with Crippen molar-refractivity contribution in [2.75, 3.05) is 12.0 Å². The predicted octanol–water partition coefficient (Wildman–Crippen LogP) is 2.19. The lowest BCUT2D eigenvalue weighted by atomic mass is 9.96. The number of rotatable bonds is 2. The van der Waals surface area contributed by atoms with Gasteiger partial charge in [0.15, 0.2) is 0 Å². The molecule has 5 heteroatoms. The van der Waals surface area contributed by atoms with E-state index in [0.29, 0.717) is 17.2 Å². The van der Waals surface area contributed by atoms with Crippen LogP contribution in [0, 0.1) is 0 Å². The van der Waals surface area contributed by atoms with Crippen molar-refractivity contribution in [1.82, 2.24) is 0 Å². The largest absolute Gasteiger partial charge is 0.495 e. The first kappa shape index (κ1) is 13.2. The Kier molecular flexibility index (Phi) is 3.25. The zero-order chi connectivity index (χ0) is 13.5. The number of carbonyl (C=O) groups excluding carboxylic acids is 1. The molecule has 0 aromatic heterocycles. The van der Waals surface area contributed by atoms with Crippen LogP contribution in [0.25, 0.3) is 0 Å². The van der Waals surface area contributed by atoms with E-state index in [2.05, 4.69) is 0 Å². The van der Waals surface area contributed by atoms with Gasteiger partial charge in [0.2, 0.25) is 5.91 Å². The van der Waals surface area contributed by atoms with Gasteiger partial charge in [-0.2, -0.15) is 0 Å². The lowest BCUT2D eigenvalue weighted by Crippen LogP contribution is -2.49. The monoisotopic (exact) mass is 268 g/mol. The fourth-order valence-electron chi connectivity index (χ4n) is 2.29. The fraction of sp³-hybridized carbons (Fsp3) is 0.462. The molecule has 1 aliphatic heterocycles. The summed E-state index contributed by atoms with van der Waals surface area (Å²) in [6.45, 7) is 3.92. The molecule has 0 bridgehead atoms. The number of carbonyl (C=O) groups is 1. The molecule has 0 aliphatic carbocycles. The van der Waals surface area contributed by atoms with Crippen molar-refractivity contribution in [1.29, 1.82) is 0 Å². The number of halogens is 1. The highest BCUT2D eigenvalue weighted by Crippen LogP contribution is 2.37. The van der Waals surface area contributed by atoms with Crippen LogP contribution in [0.3, 0.4) is 0 Å². The van der Waals surface area contributed by atoms with Gasteiger partial charge in [0.1, 0.15) is 5.75 Å². The zero-order valence-electron chi connectivity index (χ0n) is 10.7. The molecule has 1 amide bonds. The summed E-state index contributed by atoms with van der Waals surface area (Å²) in [5, 5.41) is 0.485. The molecule has 1 aliphatic rings. The van der Waals surface area contributed by atoms with Gasteiger partial charge in [0.05, 0.1) is 17.7 Å². The summed E-state index contributed by atoms with van der Waals surface area (Å²) in [5.74, 6) is 0.614. The number of benzene rings is 1. The smallest absolute Gasteiger partial charge is 0.229 e. The Balaban J connectivity index is 2.42. The van der Waals surface area contributed by atoms with Gasteiger partial charge in [0, 0.05) is 18.2 Å². The maximum absolute atomic E-state index is 12.0. The number of anilines is 1. The molecule has 0 spiro atoms. The van der Waals surface area contributed by atoms with E-state index in [0.717, 1.165) is 5.69 Å². The standard InChI is InChI=1S/C13H17ClN2O2/c1-13(2)11(15)7-12(17)16(13)8-4-5-10(18-3)9(14)6-8/h4-6,11H,7,15H2,1-3H3. The Bertz CT molecular complexity index is 488. The lowest BCUT2D eigenvalue weighted by Gasteiger charge is -2.34. The fourth-order valence-corrected chi connectivity index (χ4v) is 2.54. The second-order valence-electron chi connectivity index (χ2n) is 5.01. The third kappa shape index (κ3) is 1.95. The molecular weight excluding hydrogens is 252 g/mol. The molecule has 2 rings (SSSR count). The Morgan fingerprint density at radius 1 is 1.50 bits per heavy atom. The van der Waals surface area contributed by atoms with Crippen molar-refractivity contribution in [3.63, 3.8) is 0 Å². The number of amides is 1. The van der Waals surface area contributed by atoms with E-state index in [-0.39, 0.29) is 11.9 Å². The molecule has 1 saturated heterocycles. The number of nitrogens with two attached hydrogens (primary N) is 1. The van der Waals surface area contributed by atoms with Gasteiger partial charge < -0.3 is 15.4 Å². The second-order valence-corrected chi connectivity index (χ2v) is 5.42. The average Bonchev–Trinajstić information content (AvgIpc) is 2.48. The van der Waals surface area contributed by atoms with Crippen LogP contribution in [-0.2, 0) is 4.79 Å². The minimum atomic E-state index is -0.408. The highest BCUT2D eigenvalue weighted by atomic mass is 35.5. The molecule has 4 nitrogen and oxygen atoms in total. The highest BCUT2D eigenvalue weighted by molar-refractivity contribution is 6.32. The van der Waals surface area contributed by atoms with Crippen molar-refractivity contribution in [3.8, 4) is 5.75 Å². The molecule has 2 N–H and O–H groups in total. The van der Waals surface area contributed by atoms with Crippen LogP contribution in [0.15, 0.2) is 18.2 Å². The van der Waals surface area contributed by atoms with Gasteiger partial charge in [-0.15, -0.1) is 0 Å². The van der Waals surface area contributed by atoms with Crippen LogP contribution in [-0.4, -0.2) is 24.6 Å². The number of ether oxygens (including phenoxy) is 1. The van der Waals surface area contributed by atoms with Crippen molar-refractivity contribution in [3.05, 3.63) is 23.2 Å². The van der Waals surface area contributed by atoms with Crippen molar-refractivity contribution >= 4 is 23.2 Å². The highest BCUT2D eigenvalue weighted by Gasteiger charge is 2.45. The van der Waals surface area contributed by atoms with Crippen LogP contribution in [0.4, 0.5) is 5.69 Å². The number of nitrogens with zero attached hydrogens (tertiary/aromatic N) is 1. The molecule has 1 aromatic rings. The molecule has 1 unspecified atom stereocenters. The van der Waals surface area contributed by atoms with Gasteiger partial charge >= 0.3 is 0 Å². The van der Waals surface area contributed by atoms with Crippen molar-refractivity contribution < 1.29 is 9.53 Å². The normalized spacial score (nSPS) is 22.4. The SMILES string of the molecule is COc1ccc(N2C(=O)CC(N)C2(C)C)cc1Cl. The number of methoxy groups -OCH3 is 1. The first-order chi connectivity index (χ1) is 8.37. The number of hydrogen-bond acceptors (Lipinski definition) is 3. The Hall–Kier alpha value is -1.26. The van der Waals surface area contributed by atoms with Crippen LogP contribution in [0.2, 0.25) is 5.02 Å². The van der Waals surface area contributed by atoms with Gasteiger partial charge in [-0.25, -0.2) is 0 Å². The quantitative estimate of drug-likeness (QED) is 0.895. The first-order valence-corrected chi connectivity index (χ1v) is 6.18. The molecule has 98 valence electrons. The van der Waals surface area contributed by atoms with E-state index in [4.69, 9.17) is 22.1 Å². The van der Waals surface area contributed by atoms with Crippen LogP contribution in [0.1, 0.15) is 20.3 Å². The Labute approximate surface area is 112 Å². The van der Waals surface area contributed by atoms with Crippen molar-refractivity contribution in [2.24, 2.45) is 5.73 Å². The van der Waals surface area contributed by atoms with E-state index in [9.17, 15) is 4.79 Å². The Morgan fingerprint density at radius 3 is 2.61 bits per heavy atom. The average molecular weight is 269 g/mol.